The van der Waals surface area contributed by atoms with Crippen LogP contribution in [0.1, 0.15) is 6.92 Å². The lowest BCUT2D eigenvalue weighted by atomic mass is 10.4. The quantitative estimate of drug-likeness (QED) is 0.780. The smallest absolute Gasteiger partial charge is 0.258 e. The third-order valence-corrected chi connectivity index (χ3v) is 4.56. The standard InChI is InChI=1S/C11H15BrN2O4S/c1-3-18-13-11(15)8-14(2)19(16,17)10-6-4-9(12)5-7-10/h4-7H,3,8H2,1-2H3,(H,13,15). The molecule has 0 atom stereocenters. The molecule has 0 spiro atoms. The highest BCUT2D eigenvalue weighted by molar-refractivity contribution is 9.10. The second-order valence-electron chi connectivity index (χ2n) is 3.67. The van der Waals surface area contributed by atoms with Crippen molar-refractivity contribution in [1.29, 1.82) is 0 Å². The summed E-state index contributed by atoms with van der Waals surface area (Å²) in [5, 5.41) is 0. The Morgan fingerprint density at radius 2 is 1.95 bits per heavy atom. The largest absolute Gasteiger partial charge is 0.274 e. The van der Waals surface area contributed by atoms with Crippen molar-refractivity contribution < 1.29 is 18.0 Å². The van der Waals surface area contributed by atoms with Crippen molar-refractivity contribution in [2.75, 3.05) is 20.2 Å². The van der Waals surface area contributed by atoms with Crippen molar-refractivity contribution in [2.45, 2.75) is 11.8 Å². The number of sulfonamides is 1. The van der Waals surface area contributed by atoms with Crippen LogP contribution < -0.4 is 5.48 Å². The first-order valence-corrected chi connectivity index (χ1v) is 7.73. The van der Waals surface area contributed by atoms with Crippen LogP contribution in [-0.4, -0.2) is 38.8 Å². The molecule has 0 saturated carbocycles. The fourth-order valence-electron chi connectivity index (χ4n) is 1.26. The van der Waals surface area contributed by atoms with E-state index in [2.05, 4.69) is 21.4 Å². The van der Waals surface area contributed by atoms with Crippen molar-refractivity contribution in [3.63, 3.8) is 0 Å². The molecule has 0 heterocycles. The van der Waals surface area contributed by atoms with Gasteiger partial charge < -0.3 is 0 Å². The molecule has 1 amide bonds. The highest BCUT2D eigenvalue weighted by Crippen LogP contribution is 2.17. The molecule has 0 saturated heterocycles. The highest BCUT2D eigenvalue weighted by atomic mass is 79.9. The maximum Gasteiger partial charge on any atom is 0.258 e. The Kier molecular flexibility index (Phi) is 5.92. The normalized spacial score (nSPS) is 11.6. The molecule has 1 aromatic rings. The van der Waals surface area contributed by atoms with Crippen molar-refractivity contribution in [3.05, 3.63) is 28.7 Å². The minimum absolute atomic E-state index is 0.127. The first-order chi connectivity index (χ1) is 8.87. The van der Waals surface area contributed by atoms with Crippen molar-refractivity contribution >= 4 is 31.9 Å². The van der Waals surface area contributed by atoms with E-state index in [0.717, 1.165) is 8.78 Å². The lowest BCUT2D eigenvalue weighted by Crippen LogP contribution is -2.38. The van der Waals surface area contributed by atoms with Crippen LogP contribution in [0.2, 0.25) is 0 Å². The van der Waals surface area contributed by atoms with Crippen LogP contribution in [0.3, 0.4) is 0 Å². The summed E-state index contributed by atoms with van der Waals surface area (Å²) < 4.78 is 26.0. The lowest BCUT2D eigenvalue weighted by molar-refractivity contribution is -0.133. The molecule has 0 unspecified atom stereocenters. The summed E-state index contributed by atoms with van der Waals surface area (Å²) in [4.78, 5) is 16.2. The molecule has 0 fully saturated rings. The molecule has 0 aromatic heterocycles. The second-order valence-corrected chi connectivity index (χ2v) is 6.63. The van der Waals surface area contributed by atoms with Gasteiger partial charge in [-0.1, -0.05) is 15.9 Å². The Labute approximate surface area is 120 Å². The maximum atomic E-state index is 12.1. The Morgan fingerprint density at radius 3 is 2.47 bits per heavy atom. The van der Waals surface area contributed by atoms with Crippen LogP contribution in [0, 0.1) is 0 Å². The number of halogens is 1. The predicted molar refractivity (Wildman–Crippen MR) is 73.7 cm³/mol. The van der Waals surface area contributed by atoms with E-state index in [1.165, 1.54) is 19.2 Å². The Balaban J connectivity index is 2.77. The van der Waals surface area contributed by atoms with E-state index in [9.17, 15) is 13.2 Å². The second kappa shape index (κ2) is 6.99. The predicted octanol–water partition coefficient (Wildman–Crippen LogP) is 1.14. The third-order valence-electron chi connectivity index (χ3n) is 2.22. The van der Waals surface area contributed by atoms with Gasteiger partial charge in [-0.25, -0.2) is 13.9 Å². The van der Waals surface area contributed by atoms with E-state index in [1.54, 1.807) is 19.1 Å². The number of benzene rings is 1. The number of hydrogen-bond donors (Lipinski definition) is 1. The molecular weight excluding hydrogens is 336 g/mol. The molecule has 8 heteroatoms. The minimum Gasteiger partial charge on any atom is -0.274 e. The molecule has 1 aromatic carbocycles. The van der Waals surface area contributed by atoms with Gasteiger partial charge in [0.2, 0.25) is 10.0 Å². The van der Waals surface area contributed by atoms with Crippen LogP contribution >= 0.6 is 15.9 Å². The van der Waals surface area contributed by atoms with Crippen LogP contribution in [0.25, 0.3) is 0 Å². The zero-order valence-electron chi connectivity index (χ0n) is 10.6. The van der Waals surface area contributed by atoms with Crippen LogP contribution in [0.4, 0.5) is 0 Å². The fourth-order valence-corrected chi connectivity index (χ4v) is 2.65. The van der Waals surface area contributed by atoms with Gasteiger partial charge in [-0.05, 0) is 31.2 Å². The molecule has 19 heavy (non-hydrogen) atoms. The highest BCUT2D eigenvalue weighted by Gasteiger charge is 2.22. The molecular formula is C11H15BrN2O4S. The molecule has 0 radical (unpaired) electrons. The van der Waals surface area contributed by atoms with E-state index >= 15 is 0 Å². The van der Waals surface area contributed by atoms with Crippen molar-refractivity contribution in [3.8, 4) is 0 Å². The van der Waals surface area contributed by atoms with E-state index in [4.69, 9.17) is 4.84 Å². The van der Waals surface area contributed by atoms with E-state index in [-0.39, 0.29) is 11.4 Å². The average molecular weight is 351 g/mol. The number of nitrogens with one attached hydrogen (secondary N) is 1. The number of hydroxylamine groups is 1. The molecule has 0 aliphatic carbocycles. The van der Waals surface area contributed by atoms with Crippen LogP contribution in [-0.2, 0) is 19.7 Å². The van der Waals surface area contributed by atoms with Gasteiger partial charge in [0.1, 0.15) is 0 Å². The van der Waals surface area contributed by atoms with E-state index in [0.29, 0.717) is 6.61 Å². The maximum absolute atomic E-state index is 12.1. The van der Waals surface area contributed by atoms with Crippen LogP contribution in [0.15, 0.2) is 33.6 Å². The first-order valence-electron chi connectivity index (χ1n) is 5.50. The SMILES string of the molecule is CCONC(=O)CN(C)S(=O)(=O)c1ccc(Br)cc1. The molecule has 0 aliphatic heterocycles. The number of amides is 1. The molecule has 0 aliphatic rings. The van der Waals surface area contributed by atoms with Gasteiger partial charge in [-0.2, -0.15) is 4.31 Å². The average Bonchev–Trinajstić information content (AvgIpc) is 2.36. The van der Waals surface area contributed by atoms with Gasteiger partial charge >= 0.3 is 0 Å². The number of rotatable bonds is 6. The van der Waals surface area contributed by atoms with Gasteiger partial charge in [-0.15, -0.1) is 0 Å². The van der Waals surface area contributed by atoms with Crippen molar-refractivity contribution in [2.24, 2.45) is 0 Å². The summed E-state index contributed by atoms with van der Waals surface area (Å²) in [6.07, 6.45) is 0. The van der Waals surface area contributed by atoms with Gasteiger partial charge in [0.15, 0.2) is 0 Å². The fraction of sp³-hybridized carbons (Fsp3) is 0.364. The number of likely N-dealkylation sites (N-methyl/N-ethyl adjacent to an activating group) is 1. The van der Waals surface area contributed by atoms with Crippen molar-refractivity contribution in [1.82, 2.24) is 9.79 Å². The zero-order chi connectivity index (χ0) is 14.5. The summed E-state index contributed by atoms with van der Waals surface area (Å²) in [5.74, 6) is -0.523. The molecule has 0 bridgehead atoms. The number of carbonyl (C=O) groups excluding carboxylic acids is 1. The van der Waals surface area contributed by atoms with Gasteiger partial charge in [-0.3, -0.25) is 9.63 Å². The Hall–Kier alpha value is -0.960. The summed E-state index contributed by atoms with van der Waals surface area (Å²) in [7, 11) is -2.34. The summed E-state index contributed by atoms with van der Waals surface area (Å²) in [6.45, 7) is 1.72. The monoisotopic (exact) mass is 350 g/mol. The number of carbonyl (C=O) groups is 1. The number of nitrogens with zero attached hydrogens (tertiary/aromatic N) is 1. The summed E-state index contributed by atoms with van der Waals surface area (Å²) in [5.41, 5.74) is 2.14. The van der Waals surface area contributed by atoms with Gasteiger partial charge in [0.05, 0.1) is 18.0 Å². The molecule has 6 nitrogen and oxygen atoms in total. The third kappa shape index (κ3) is 4.57. The molecule has 1 rings (SSSR count). The minimum atomic E-state index is -3.68. The van der Waals surface area contributed by atoms with Crippen LogP contribution in [0.5, 0.6) is 0 Å². The van der Waals surface area contributed by atoms with Gasteiger partial charge in [0, 0.05) is 11.5 Å². The van der Waals surface area contributed by atoms with E-state index < -0.39 is 15.9 Å². The number of hydrogen-bond acceptors (Lipinski definition) is 4. The molecule has 1 N–H and O–H groups in total. The Bertz CT molecular complexity index is 530. The Morgan fingerprint density at radius 1 is 1.37 bits per heavy atom. The first kappa shape index (κ1) is 16.1. The lowest BCUT2D eigenvalue weighted by Gasteiger charge is -2.16. The molecule has 106 valence electrons. The zero-order valence-corrected chi connectivity index (χ0v) is 13.0. The summed E-state index contributed by atoms with van der Waals surface area (Å²) in [6, 6.07) is 6.19. The topological polar surface area (TPSA) is 75.7 Å². The van der Waals surface area contributed by atoms with Gasteiger partial charge in [0.25, 0.3) is 5.91 Å². The summed E-state index contributed by atoms with van der Waals surface area (Å²) >= 11 is 3.23. The van der Waals surface area contributed by atoms with E-state index in [1.807, 2.05) is 0 Å².